The number of nitrogens with one attached hydrogen (secondary N) is 2. The summed E-state index contributed by atoms with van der Waals surface area (Å²) in [6.45, 7) is 4.26. The van der Waals surface area contributed by atoms with E-state index in [9.17, 15) is 9.59 Å². The average Bonchev–Trinajstić information content (AvgIpc) is 2.68. The van der Waals surface area contributed by atoms with Crippen LogP contribution in [0.5, 0.6) is 0 Å². The first-order valence-electron chi connectivity index (χ1n) is 8.75. The van der Waals surface area contributed by atoms with E-state index in [2.05, 4.69) is 16.6 Å². The fourth-order valence-electron chi connectivity index (χ4n) is 2.35. The van der Waals surface area contributed by atoms with Crippen LogP contribution >= 0.6 is 0 Å². The maximum atomic E-state index is 12.3. The van der Waals surface area contributed by atoms with Gasteiger partial charge in [0.25, 0.3) is 0 Å². The second kappa shape index (κ2) is 10.7. The Hall–Kier alpha value is -3.34. The number of carbonyl (C=O) groups is 2. The summed E-state index contributed by atoms with van der Waals surface area (Å²) in [6, 6.07) is 11.3. The molecular formula is C21H22N2O5. The van der Waals surface area contributed by atoms with Gasteiger partial charge in [-0.25, -0.2) is 19.4 Å². The van der Waals surface area contributed by atoms with Gasteiger partial charge in [0, 0.05) is 16.9 Å². The number of hydrogen-bond acceptors (Lipinski definition) is 5. The summed E-state index contributed by atoms with van der Waals surface area (Å²) >= 11 is 0. The third-order valence-electron chi connectivity index (χ3n) is 3.48. The molecule has 0 saturated heterocycles. The zero-order valence-electron chi connectivity index (χ0n) is 15.8. The van der Waals surface area contributed by atoms with E-state index in [4.69, 9.17) is 20.9 Å². The van der Waals surface area contributed by atoms with Gasteiger partial charge in [-0.1, -0.05) is 12.0 Å². The SMILES string of the molecule is C#Cc1cccc(NC(=O)Nc2cc(COOCC)cc(C(=O)OCC)c2)c1. The number of urea groups is 1. The van der Waals surface area contributed by atoms with Crippen LogP contribution in [0.25, 0.3) is 0 Å². The predicted molar refractivity (Wildman–Crippen MR) is 106 cm³/mol. The number of esters is 1. The lowest BCUT2D eigenvalue weighted by Crippen LogP contribution is -2.20. The minimum atomic E-state index is -0.495. The lowest BCUT2D eigenvalue weighted by atomic mass is 10.1. The van der Waals surface area contributed by atoms with Crippen molar-refractivity contribution in [1.29, 1.82) is 0 Å². The fraction of sp³-hybridized carbons (Fsp3) is 0.238. The summed E-state index contributed by atoms with van der Waals surface area (Å²) < 4.78 is 5.03. The fourth-order valence-corrected chi connectivity index (χ4v) is 2.35. The van der Waals surface area contributed by atoms with E-state index < -0.39 is 12.0 Å². The van der Waals surface area contributed by atoms with Crippen molar-refractivity contribution in [1.82, 2.24) is 0 Å². The van der Waals surface area contributed by atoms with Crippen molar-refractivity contribution in [3.63, 3.8) is 0 Å². The molecule has 0 aromatic heterocycles. The third kappa shape index (κ3) is 6.43. The first kappa shape index (κ1) is 21.0. The molecule has 28 heavy (non-hydrogen) atoms. The van der Waals surface area contributed by atoms with Crippen molar-refractivity contribution < 1.29 is 24.1 Å². The number of amides is 2. The van der Waals surface area contributed by atoms with E-state index in [1.807, 2.05) is 0 Å². The molecule has 2 aromatic rings. The summed E-state index contributed by atoms with van der Waals surface area (Å²) in [5, 5.41) is 5.38. The molecule has 2 rings (SSSR count). The minimum Gasteiger partial charge on any atom is -0.462 e. The molecule has 7 nitrogen and oxygen atoms in total. The molecule has 0 saturated carbocycles. The summed E-state index contributed by atoms with van der Waals surface area (Å²) in [5.41, 5.74) is 2.55. The highest BCUT2D eigenvalue weighted by Gasteiger charge is 2.12. The average molecular weight is 382 g/mol. The van der Waals surface area contributed by atoms with Gasteiger partial charge in [-0.2, -0.15) is 0 Å². The molecule has 0 spiro atoms. The van der Waals surface area contributed by atoms with Crippen molar-refractivity contribution >= 4 is 23.4 Å². The van der Waals surface area contributed by atoms with Crippen LogP contribution in [0.3, 0.4) is 0 Å². The maximum absolute atomic E-state index is 12.3. The van der Waals surface area contributed by atoms with Crippen LogP contribution in [0, 0.1) is 12.3 Å². The van der Waals surface area contributed by atoms with E-state index in [0.717, 1.165) is 0 Å². The first-order valence-corrected chi connectivity index (χ1v) is 8.75. The second-order valence-electron chi connectivity index (χ2n) is 5.61. The summed E-state index contributed by atoms with van der Waals surface area (Å²) in [4.78, 5) is 34.3. The van der Waals surface area contributed by atoms with Crippen LogP contribution in [-0.2, 0) is 21.1 Å². The van der Waals surface area contributed by atoms with Crippen molar-refractivity contribution in [3.8, 4) is 12.3 Å². The second-order valence-corrected chi connectivity index (χ2v) is 5.61. The molecule has 7 heteroatoms. The van der Waals surface area contributed by atoms with Crippen molar-refractivity contribution in [3.05, 3.63) is 59.2 Å². The Balaban J connectivity index is 2.15. The highest BCUT2D eigenvalue weighted by molar-refractivity contribution is 6.01. The number of carbonyl (C=O) groups excluding carboxylic acids is 2. The molecule has 2 N–H and O–H groups in total. The number of rotatable bonds is 8. The summed E-state index contributed by atoms with van der Waals surface area (Å²) in [7, 11) is 0. The molecule has 0 radical (unpaired) electrons. The van der Waals surface area contributed by atoms with Gasteiger partial charge in [-0.05, 0) is 55.8 Å². The number of anilines is 2. The first-order chi connectivity index (χ1) is 13.5. The molecule has 146 valence electrons. The Morgan fingerprint density at radius 3 is 2.50 bits per heavy atom. The van der Waals surface area contributed by atoms with Crippen LogP contribution in [0.4, 0.5) is 16.2 Å². The molecule has 0 aliphatic heterocycles. The van der Waals surface area contributed by atoms with Crippen molar-refractivity contribution in [2.75, 3.05) is 23.8 Å². The van der Waals surface area contributed by atoms with Gasteiger partial charge in [-0.15, -0.1) is 6.42 Å². The Labute approximate surface area is 163 Å². The van der Waals surface area contributed by atoms with Crippen LogP contribution in [0.1, 0.15) is 35.3 Å². The van der Waals surface area contributed by atoms with Crippen LogP contribution in [-0.4, -0.2) is 25.2 Å². The van der Waals surface area contributed by atoms with E-state index in [-0.39, 0.29) is 13.2 Å². The molecule has 2 amide bonds. The number of terminal acetylenes is 1. The standard InChI is InChI=1S/C21H22N2O5/c1-4-15-8-7-9-18(11-15)22-21(25)23-19-12-16(14-28-27-6-3)10-17(13-19)20(24)26-5-2/h1,7-13H,5-6,14H2,2-3H3,(H2,22,23,25). The summed E-state index contributed by atoms with van der Waals surface area (Å²) in [6.07, 6.45) is 5.37. The van der Waals surface area contributed by atoms with Gasteiger partial charge >= 0.3 is 12.0 Å². The normalized spacial score (nSPS) is 10.0. The molecule has 0 unspecified atom stereocenters. The van der Waals surface area contributed by atoms with Gasteiger partial charge < -0.3 is 15.4 Å². The van der Waals surface area contributed by atoms with E-state index in [1.165, 1.54) is 6.07 Å². The zero-order chi connectivity index (χ0) is 20.4. The zero-order valence-corrected chi connectivity index (χ0v) is 15.8. The lowest BCUT2D eigenvalue weighted by Gasteiger charge is -2.12. The summed E-state index contributed by atoms with van der Waals surface area (Å²) in [5.74, 6) is 2.01. The van der Waals surface area contributed by atoms with Gasteiger partial charge in [0.2, 0.25) is 0 Å². The van der Waals surface area contributed by atoms with Gasteiger partial charge in [0.05, 0.1) is 18.8 Å². The van der Waals surface area contributed by atoms with Gasteiger partial charge in [-0.3, -0.25) is 0 Å². The number of ether oxygens (including phenoxy) is 1. The van der Waals surface area contributed by atoms with Crippen molar-refractivity contribution in [2.24, 2.45) is 0 Å². The molecule has 0 aliphatic carbocycles. The monoisotopic (exact) mass is 382 g/mol. The molecule has 0 bridgehead atoms. The van der Waals surface area contributed by atoms with Gasteiger partial charge in [0.1, 0.15) is 6.61 Å². The molecule has 2 aromatic carbocycles. The van der Waals surface area contributed by atoms with E-state index in [1.54, 1.807) is 50.2 Å². The largest absolute Gasteiger partial charge is 0.462 e. The lowest BCUT2D eigenvalue weighted by molar-refractivity contribution is -0.300. The smallest absolute Gasteiger partial charge is 0.338 e. The quantitative estimate of drug-likeness (QED) is 0.237. The number of hydrogen-bond donors (Lipinski definition) is 2. The predicted octanol–water partition coefficient (Wildman–Crippen LogP) is 3.96. The Morgan fingerprint density at radius 1 is 1.00 bits per heavy atom. The van der Waals surface area contributed by atoms with Crippen LogP contribution < -0.4 is 10.6 Å². The Morgan fingerprint density at radius 2 is 1.79 bits per heavy atom. The molecule has 0 atom stereocenters. The highest BCUT2D eigenvalue weighted by Crippen LogP contribution is 2.18. The minimum absolute atomic E-state index is 0.113. The third-order valence-corrected chi connectivity index (χ3v) is 3.48. The van der Waals surface area contributed by atoms with E-state index >= 15 is 0 Å². The Bertz CT molecular complexity index is 873. The highest BCUT2D eigenvalue weighted by atomic mass is 17.2. The van der Waals surface area contributed by atoms with E-state index in [0.29, 0.717) is 34.7 Å². The Kier molecular flexibility index (Phi) is 8.03. The molecule has 0 fully saturated rings. The van der Waals surface area contributed by atoms with Crippen molar-refractivity contribution in [2.45, 2.75) is 20.5 Å². The molecule has 0 aliphatic rings. The van der Waals surface area contributed by atoms with Gasteiger partial charge in [0.15, 0.2) is 0 Å². The van der Waals surface area contributed by atoms with Crippen LogP contribution in [0.2, 0.25) is 0 Å². The van der Waals surface area contributed by atoms with Crippen LogP contribution in [0.15, 0.2) is 42.5 Å². The number of benzene rings is 2. The molecular weight excluding hydrogens is 360 g/mol. The maximum Gasteiger partial charge on any atom is 0.338 e. The molecule has 0 heterocycles. The topological polar surface area (TPSA) is 85.9 Å².